The maximum absolute atomic E-state index is 12.7. The zero-order chi connectivity index (χ0) is 19.8. The van der Waals surface area contributed by atoms with Gasteiger partial charge in [-0.25, -0.2) is 0 Å². The van der Waals surface area contributed by atoms with Crippen LogP contribution in [0.2, 0.25) is 0 Å². The Balaban J connectivity index is 1.31. The third kappa shape index (κ3) is 3.62. The molecule has 1 atom stereocenters. The number of methoxy groups -OCH3 is 1. The van der Waals surface area contributed by atoms with Crippen LogP contribution in [0.4, 0.5) is 5.82 Å². The van der Waals surface area contributed by atoms with Crippen molar-refractivity contribution in [3.63, 3.8) is 0 Å². The Morgan fingerprint density at radius 1 is 1.17 bits per heavy atom. The second-order valence-corrected chi connectivity index (χ2v) is 7.78. The van der Waals surface area contributed by atoms with E-state index >= 15 is 0 Å². The Morgan fingerprint density at radius 2 is 2.07 bits per heavy atom. The lowest BCUT2D eigenvalue weighted by atomic mass is 10.0. The number of fused-ring (bicyclic) bond motifs is 1. The van der Waals surface area contributed by atoms with Crippen LogP contribution in [0, 0.1) is 0 Å². The van der Waals surface area contributed by atoms with Crippen molar-refractivity contribution in [3.05, 3.63) is 47.8 Å². The van der Waals surface area contributed by atoms with Crippen LogP contribution >= 0.6 is 0 Å². The van der Waals surface area contributed by atoms with Crippen LogP contribution in [0.25, 0.3) is 5.65 Å². The highest BCUT2D eigenvalue weighted by Gasteiger charge is 2.30. The van der Waals surface area contributed by atoms with Gasteiger partial charge in [-0.15, -0.1) is 15.3 Å². The molecule has 1 aliphatic heterocycles. The van der Waals surface area contributed by atoms with E-state index in [-0.39, 0.29) is 11.9 Å². The summed E-state index contributed by atoms with van der Waals surface area (Å²) in [6, 6.07) is 11.3. The molecule has 2 aliphatic rings. The lowest BCUT2D eigenvalue weighted by Crippen LogP contribution is -2.48. The fourth-order valence-corrected chi connectivity index (χ4v) is 3.90. The number of nitrogens with zero attached hydrogens (tertiary/aromatic N) is 5. The number of aromatic nitrogens is 4. The Morgan fingerprint density at radius 3 is 2.90 bits per heavy atom. The van der Waals surface area contributed by atoms with Gasteiger partial charge in [-0.05, 0) is 56.0 Å². The maximum atomic E-state index is 12.7. The van der Waals surface area contributed by atoms with Crippen molar-refractivity contribution in [2.75, 3.05) is 25.1 Å². The number of benzene rings is 1. The van der Waals surface area contributed by atoms with Crippen molar-refractivity contribution in [2.24, 2.45) is 0 Å². The Bertz CT molecular complexity index is 1040. The Kier molecular flexibility index (Phi) is 4.54. The Labute approximate surface area is 168 Å². The van der Waals surface area contributed by atoms with Crippen molar-refractivity contribution in [1.82, 2.24) is 25.1 Å². The Hall–Kier alpha value is -3.16. The molecule has 1 saturated carbocycles. The second-order valence-electron chi connectivity index (χ2n) is 7.78. The minimum atomic E-state index is -0.0750. The quantitative estimate of drug-likeness (QED) is 0.718. The number of hydrogen-bond acceptors (Lipinski definition) is 6. The number of piperidine rings is 1. The molecule has 1 aromatic carbocycles. The van der Waals surface area contributed by atoms with E-state index in [1.807, 2.05) is 28.8 Å². The number of carbonyl (C=O) groups is 1. The number of rotatable bonds is 5. The molecule has 1 unspecified atom stereocenters. The summed E-state index contributed by atoms with van der Waals surface area (Å²) in [6.45, 7) is 1.65. The topological polar surface area (TPSA) is 84.6 Å². The van der Waals surface area contributed by atoms with Crippen LogP contribution in [-0.4, -0.2) is 52.0 Å². The van der Waals surface area contributed by atoms with Crippen molar-refractivity contribution >= 4 is 17.4 Å². The number of amides is 1. The largest absolute Gasteiger partial charge is 0.497 e. The molecule has 8 nitrogen and oxygen atoms in total. The zero-order valence-corrected chi connectivity index (χ0v) is 16.4. The lowest BCUT2D eigenvalue weighted by Gasteiger charge is -2.33. The van der Waals surface area contributed by atoms with Gasteiger partial charge in [0.25, 0.3) is 5.91 Å². The van der Waals surface area contributed by atoms with Crippen LogP contribution in [0.5, 0.6) is 5.75 Å². The summed E-state index contributed by atoms with van der Waals surface area (Å²) < 4.78 is 7.10. The summed E-state index contributed by atoms with van der Waals surface area (Å²) in [6.07, 6.45) is 4.28. The second kappa shape index (κ2) is 7.35. The summed E-state index contributed by atoms with van der Waals surface area (Å²) >= 11 is 0. The molecule has 1 aliphatic carbocycles. The van der Waals surface area contributed by atoms with E-state index in [0.717, 1.165) is 56.1 Å². The van der Waals surface area contributed by atoms with E-state index in [2.05, 4.69) is 20.4 Å². The molecule has 150 valence electrons. The molecule has 3 heterocycles. The molecule has 5 rings (SSSR count). The van der Waals surface area contributed by atoms with E-state index in [1.165, 1.54) is 0 Å². The summed E-state index contributed by atoms with van der Waals surface area (Å²) in [5.74, 6) is 2.96. The SMILES string of the molecule is COc1cccc(C(=O)NC2CCCN(c3ccc4nnc(C5CC5)n4n3)C2)c1. The van der Waals surface area contributed by atoms with Crippen LogP contribution < -0.4 is 15.0 Å². The standard InChI is InChI=1S/C21H24N6O2/c1-29-17-6-2-4-15(12-17)21(28)22-16-5-3-11-26(13-16)19-10-9-18-23-24-20(14-7-8-14)27(18)25-19/h2,4,6,9-10,12,14,16H,3,5,7-8,11,13H2,1H3,(H,22,28). The molecular formula is C21H24N6O2. The van der Waals surface area contributed by atoms with Gasteiger partial charge in [0.05, 0.1) is 7.11 Å². The van der Waals surface area contributed by atoms with Crippen LogP contribution in [0.1, 0.15) is 47.8 Å². The molecule has 29 heavy (non-hydrogen) atoms. The van der Waals surface area contributed by atoms with E-state index in [0.29, 0.717) is 17.2 Å². The van der Waals surface area contributed by atoms with Gasteiger partial charge in [-0.2, -0.15) is 4.52 Å². The third-order valence-corrected chi connectivity index (χ3v) is 5.63. The van der Waals surface area contributed by atoms with Gasteiger partial charge in [0.1, 0.15) is 11.6 Å². The number of ether oxygens (including phenoxy) is 1. The predicted octanol–water partition coefficient (Wildman–Crippen LogP) is 2.41. The van der Waals surface area contributed by atoms with Gasteiger partial charge in [0.15, 0.2) is 11.5 Å². The molecular weight excluding hydrogens is 368 g/mol. The van der Waals surface area contributed by atoms with Gasteiger partial charge in [-0.1, -0.05) is 6.07 Å². The number of nitrogens with one attached hydrogen (secondary N) is 1. The highest BCUT2D eigenvalue weighted by Crippen LogP contribution is 2.38. The molecule has 2 aromatic heterocycles. The average Bonchev–Trinajstić information content (AvgIpc) is 3.52. The maximum Gasteiger partial charge on any atom is 0.251 e. The van der Waals surface area contributed by atoms with Crippen LogP contribution in [0.3, 0.4) is 0 Å². The summed E-state index contributed by atoms with van der Waals surface area (Å²) in [5, 5.41) is 16.5. The normalized spacial score (nSPS) is 19.3. The molecule has 1 saturated heterocycles. The number of anilines is 1. The summed E-state index contributed by atoms with van der Waals surface area (Å²) in [5.41, 5.74) is 1.40. The summed E-state index contributed by atoms with van der Waals surface area (Å²) in [4.78, 5) is 14.9. The van der Waals surface area contributed by atoms with Gasteiger partial charge in [0.2, 0.25) is 0 Å². The molecule has 8 heteroatoms. The first-order valence-electron chi connectivity index (χ1n) is 10.1. The number of hydrogen-bond donors (Lipinski definition) is 1. The highest BCUT2D eigenvalue weighted by atomic mass is 16.5. The van der Waals surface area contributed by atoms with Gasteiger partial charge >= 0.3 is 0 Å². The minimum absolute atomic E-state index is 0.0729. The van der Waals surface area contributed by atoms with Gasteiger partial charge in [0, 0.05) is 30.6 Å². The lowest BCUT2D eigenvalue weighted by molar-refractivity contribution is 0.0932. The average molecular weight is 392 g/mol. The molecule has 0 bridgehead atoms. The summed E-state index contributed by atoms with van der Waals surface area (Å²) in [7, 11) is 1.60. The van der Waals surface area contributed by atoms with Crippen molar-refractivity contribution in [1.29, 1.82) is 0 Å². The molecule has 1 amide bonds. The molecule has 2 fully saturated rings. The van der Waals surface area contributed by atoms with Crippen molar-refractivity contribution in [2.45, 2.75) is 37.6 Å². The first kappa shape index (κ1) is 17.9. The number of carbonyl (C=O) groups excluding carboxylic acids is 1. The molecule has 1 N–H and O–H groups in total. The highest BCUT2D eigenvalue weighted by molar-refractivity contribution is 5.94. The zero-order valence-electron chi connectivity index (χ0n) is 16.4. The fourth-order valence-electron chi connectivity index (χ4n) is 3.90. The van der Waals surface area contributed by atoms with E-state index in [4.69, 9.17) is 9.84 Å². The monoisotopic (exact) mass is 392 g/mol. The van der Waals surface area contributed by atoms with Gasteiger partial charge < -0.3 is 15.0 Å². The molecule has 0 radical (unpaired) electrons. The first-order valence-corrected chi connectivity index (χ1v) is 10.1. The van der Waals surface area contributed by atoms with E-state index in [9.17, 15) is 4.79 Å². The minimum Gasteiger partial charge on any atom is -0.497 e. The molecule has 3 aromatic rings. The van der Waals surface area contributed by atoms with Crippen molar-refractivity contribution < 1.29 is 9.53 Å². The molecule has 0 spiro atoms. The first-order chi connectivity index (χ1) is 14.2. The van der Waals surface area contributed by atoms with Gasteiger partial charge in [-0.3, -0.25) is 4.79 Å². The fraction of sp³-hybridized carbons (Fsp3) is 0.429. The third-order valence-electron chi connectivity index (χ3n) is 5.63. The smallest absolute Gasteiger partial charge is 0.251 e. The van der Waals surface area contributed by atoms with Crippen LogP contribution in [0.15, 0.2) is 36.4 Å². The van der Waals surface area contributed by atoms with E-state index < -0.39 is 0 Å². The van der Waals surface area contributed by atoms with Crippen molar-refractivity contribution in [3.8, 4) is 5.75 Å². The van der Waals surface area contributed by atoms with E-state index in [1.54, 1.807) is 19.2 Å². The predicted molar refractivity (Wildman–Crippen MR) is 108 cm³/mol. The van der Waals surface area contributed by atoms with Crippen LogP contribution in [-0.2, 0) is 0 Å².